The number of thioether (sulfide) groups is 1. The molecule has 2 N–H and O–H groups in total. The lowest BCUT2D eigenvalue weighted by Gasteiger charge is -2.31. The highest BCUT2D eigenvalue weighted by Gasteiger charge is 2.30. The fourth-order valence-electron chi connectivity index (χ4n) is 1.82. The van der Waals surface area contributed by atoms with Gasteiger partial charge in [-0.2, -0.15) is 0 Å². The van der Waals surface area contributed by atoms with Crippen LogP contribution in [0, 0.1) is 0 Å². The molecule has 19 heavy (non-hydrogen) atoms. The van der Waals surface area contributed by atoms with Crippen LogP contribution >= 0.6 is 11.8 Å². The zero-order valence-electron chi connectivity index (χ0n) is 10.8. The zero-order valence-corrected chi connectivity index (χ0v) is 11.6. The lowest BCUT2D eigenvalue weighted by Crippen LogP contribution is -2.45. The monoisotopic (exact) mass is 275 g/mol. The van der Waals surface area contributed by atoms with E-state index in [2.05, 4.69) is 15.3 Å². The van der Waals surface area contributed by atoms with Crippen molar-refractivity contribution < 1.29 is 5.11 Å². The molecule has 1 unspecified atom stereocenters. The second kappa shape index (κ2) is 6.65. The fraction of sp³-hybridized carbons (Fsp3) is 0.286. The molecule has 1 heterocycles. The Labute approximate surface area is 117 Å². The lowest BCUT2D eigenvalue weighted by molar-refractivity contribution is 0.187. The maximum absolute atomic E-state index is 9.79. The van der Waals surface area contributed by atoms with Crippen molar-refractivity contribution in [3.63, 3.8) is 0 Å². The first-order valence-electron chi connectivity index (χ1n) is 6.06. The van der Waals surface area contributed by atoms with Gasteiger partial charge in [-0.05, 0) is 18.7 Å². The minimum Gasteiger partial charge on any atom is -0.394 e. The van der Waals surface area contributed by atoms with Gasteiger partial charge in [-0.15, -0.1) is 0 Å². The molecule has 5 heteroatoms. The molecule has 1 aromatic carbocycles. The summed E-state index contributed by atoms with van der Waals surface area (Å²) in [6.07, 6.45) is 3.44. The summed E-state index contributed by atoms with van der Waals surface area (Å²) in [5, 5.41) is 13.7. The summed E-state index contributed by atoms with van der Waals surface area (Å²) in [7, 11) is 1.86. The highest BCUT2D eigenvalue weighted by atomic mass is 32.2. The van der Waals surface area contributed by atoms with Gasteiger partial charge in [-0.3, -0.25) is 0 Å². The minimum absolute atomic E-state index is 0.0212. The molecule has 100 valence electrons. The number of aliphatic hydroxyl groups excluding tert-OH is 1. The molecule has 2 rings (SSSR count). The summed E-state index contributed by atoms with van der Waals surface area (Å²) in [5.74, 6) is 0.661. The number of aliphatic hydroxyl groups is 1. The molecule has 4 nitrogen and oxygen atoms in total. The molecule has 0 saturated carbocycles. The van der Waals surface area contributed by atoms with Gasteiger partial charge in [0.1, 0.15) is 0 Å². The molecule has 0 radical (unpaired) electrons. The van der Waals surface area contributed by atoms with Gasteiger partial charge < -0.3 is 10.4 Å². The standard InChI is InChI=1S/C14H17N3OS/c1-15-14(10-18,12-6-3-2-4-7-12)11-19-13-16-8-5-9-17-13/h2-9,15,18H,10-11H2,1H3. The number of likely N-dealkylation sites (N-methyl/N-ethyl adjacent to an activating group) is 1. The highest BCUT2D eigenvalue weighted by molar-refractivity contribution is 7.99. The summed E-state index contributed by atoms with van der Waals surface area (Å²) < 4.78 is 0. The maximum Gasteiger partial charge on any atom is 0.187 e. The van der Waals surface area contributed by atoms with E-state index in [1.807, 2.05) is 37.4 Å². The van der Waals surface area contributed by atoms with Crippen LogP contribution < -0.4 is 5.32 Å². The first-order valence-corrected chi connectivity index (χ1v) is 7.04. The van der Waals surface area contributed by atoms with Crippen molar-refractivity contribution in [1.82, 2.24) is 15.3 Å². The number of nitrogens with one attached hydrogen (secondary N) is 1. The van der Waals surface area contributed by atoms with Gasteiger partial charge in [-0.25, -0.2) is 9.97 Å². The first-order chi connectivity index (χ1) is 9.30. The van der Waals surface area contributed by atoms with Crippen LogP contribution in [0.3, 0.4) is 0 Å². The van der Waals surface area contributed by atoms with E-state index in [1.165, 1.54) is 11.8 Å². The van der Waals surface area contributed by atoms with Crippen LogP contribution in [0.25, 0.3) is 0 Å². The SMILES string of the molecule is CNC(CO)(CSc1ncccn1)c1ccccc1. The summed E-state index contributed by atoms with van der Waals surface area (Å²) in [6, 6.07) is 11.7. The average molecular weight is 275 g/mol. The lowest BCUT2D eigenvalue weighted by atomic mass is 9.93. The van der Waals surface area contributed by atoms with Crippen LogP contribution in [-0.2, 0) is 5.54 Å². The quantitative estimate of drug-likeness (QED) is 0.620. The molecule has 0 spiro atoms. The minimum atomic E-state index is -0.481. The topological polar surface area (TPSA) is 58.0 Å². The van der Waals surface area contributed by atoms with E-state index < -0.39 is 5.54 Å². The Bertz CT molecular complexity index is 489. The Hall–Kier alpha value is -1.43. The predicted molar refractivity (Wildman–Crippen MR) is 77.0 cm³/mol. The van der Waals surface area contributed by atoms with Crippen molar-refractivity contribution in [1.29, 1.82) is 0 Å². The molecule has 1 atom stereocenters. The number of nitrogens with zero attached hydrogens (tertiary/aromatic N) is 2. The van der Waals surface area contributed by atoms with Crippen molar-refractivity contribution in [2.45, 2.75) is 10.7 Å². The molecular weight excluding hydrogens is 258 g/mol. The molecule has 2 aromatic rings. The number of benzene rings is 1. The van der Waals surface area contributed by atoms with Gasteiger partial charge in [0, 0.05) is 18.1 Å². The van der Waals surface area contributed by atoms with E-state index in [0.29, 0.717) is 10.9 Å². The molecule has 0 saturated heterocycles. The van der Waals surface area contributed by atoms with Gasteiger partial charge in [-0.1, -0.05) is 42.1 Å². The molecular formula is C14H17N3OS. The summed E-state index contributed by atoms with van der Waals surface area (Å²) >= 11 is 1.53. The average Bonchev–Trinajstić information content (AvgIpc) is 2.51. The Kier molecular flexibility index (Phi) is 4.90. The number of hydrogen-bond donors (Lipinski definition) is 2. The third-order valence-corrected chi connectivity index (χ3v) is 4.17. The summed E-state index contributed by atoms with van der Waals surface area (Å²) in [4.78, 5) is 8.37. The van der Waals surface area contributed by atoms with E-state index in [-0.39, 0.29) is 6.61 Å². The Balaban J connectivity index is 2.16. The second-order valence-corrected chi connectivity index (χ2v) is 5.12. The van der Waals surface area contributed by atoms with Crippen LogP contribution in [0.5, 0.6) is 0 Å². The Morgan fingerprint density at radius 2 is 1.84 bits per heavy atom. The normalized spacial score (nSPS) is 14.0. The smallest absolute Gasteiger partial charge is 0.187 e. The van der Waals surface area contributed by atoms with Gasteiger partial charge in [0.15, 0.2) is 5.16 Å². The number of aromatic nitrogens is 2. The van der Waals surface area contributed by atoms with Crippen LogP contribution in [0.2, 0.25) is 0 Å². The maximum atomic E-state index is 9.79. The molecule has 0 fully saturated rings. The van der Waals surface area contributed by atoms with E-state index in [0.717, 1.165) is 5.56 Å². The summed E-state index contributed by atoms with van der Waals surface area (Å²) in [6.45, 7) is 0.0212. The molecule has 0 aliphatic carbocycles. The van der Waals surface area contributed by atoms with E-state index in [9.17, 15) is 5.11 Å². The van der Waals surface area contributed by atoms with Crippen molar-refractivity contribution >= 4 is 11.8 Å². The Morgan fingerprint density at radius 1 is 1.16 bits per heavy atom. The van der Waals surface area contributed by atoms with Crippen molar-refractivity contribution in [2.24, 2.45) is 0 Å². The largest absolute Gasteiger partial charge is 0.394 e. The first kappa shape index (κ1) is 14.0. The molecule has 1 aromatic heterocycles. The van der Waals surface area contributed by atoms with Crippen LogP contribution in [-0.4, -0.2) is 34.5 Å². The van der Waals surface area contributed by atoms with Crippen molar-refractivity contribution in [3.8, 4) is 0 Å². The van der Waals surface area contributed by atoms with E-state index in [4.69, 9.17) is 0 Å². The predicted octanol–water partition coefficient (Wildman–Crippen LogP) is 1.68. The fourth-order valence-corrected chi connectivity index (χ4v) is 2.87. The Morgan fingerprint density at radius 3 is 2.42 bits per heavy atom. The third-order valence-electron chi connectivity index (χ3n) is 3.06. The van der Waals surface area contributed by atoms with Crippen LogP contribution in [0.4, 0.5) is 0 Å². The van der Waals surface area contributed by atoms with E-state index >= 15 is 0 Å². The van der Waals surface area contributed by atoms with E-state index in [1.54, 1.807) is 18.5 Å². The highest BCUT2D eigenvalue weighted by Crippen LogP contribution is 2.27. The molecule has 0 aliphatic heterocycles. The van der Waals surface area contributed by atoms with Crippen LogP contribution in [0.1, 0.15) is 5.56 Å². The van der Waals surface area contributed by atoms with Crippen molar-refractivity contribution in [3.05, 3.63) is 54.4 Å². The molecule has 0 amide bonds. The van der Waals surface area contributed by atoms with Crippen molar-refractivity contribution in [2.75, 3.05) is 19.4 Å². The number of rotatable bonds is 6. The summed E-state index contributed by atoms with van der Waals surface area (Å²) in [5.41, 5.74) is 0.578. The second-order valence-electron chi connectivity index (χ2n) is 4.18. The zero-order chi connectivity index (χ0) is 13.6. The van der Waals surface area contributed by atoms with Gasteiger partial charge in [0.2, 0.25) is 0 Å². The van der Waals surface area contributed by atoms with Gasteiger partial charge in [0.05, 0.1) is 12.1 Å². The molecule has 0 aliphatic rings. The van der Waals surface area contributed by atoms with Gasteiger partial charge >= 0.3 is 0 Å². The third kappa shape index (κ3) is 3.32. The van der Waals surface area contributed by atoms with Crippen LogP contribution in [0.15, 0.2) is 53.9 Å². The molecule has 0 bridgehead atoms. The van der Waals surface area contributed by atoms with Gasteiger partial charge in [0.25, 0.3) is 0 Å². The number of hydrogen-bond acceptors (Lipinski definition) is 5.